The Labute approximate surface area is 74.4 Å². The summed E-state index contributed by atoms with van der Waals surface area (Å²) in [6, 6.07) is 1.71. The fourth-order valence-corrected chi connectivity index (χ4v) is 1.96. The van der Waals surface area contributed by atoms with E-state index in [2.05, 4.69) is 5.32 Å². The molecule has 1 aromatic rings. The largest absolute Gasteiger partial charge is 0.314 e. The standard InChI is InChI=1S/C8H11F2NS/c1-6-3-4-12-7(6)8(9,10)5-11-2/h3-4,11H,5H2,1-2H3. The van der Waals surface area contributed by atoms with Crippen molar-refractivity contribution in [3.05, 3.63) is 21.9 Å². The number of hydrogen-bond acceptors (Lipinski definition) is 2. The first-order valence-electron chi connectivity index (χ1n) is 3.65. The van der Waals surface area contributed by atoms with Gasteiger partial charge >= 0.3 is 0 Å². The van der Waals surface area contributed by atoms with Gasteiger partial charge in [-0.15, -0.1) is 11.3 Å². The molecule has 0 saturated heterocycles. The number of rotatable bonds is 3. The Hall–Kier alpha value is -0.480. The Morgan fingerprint density at radius 2 is 2.25 bits per heavy atom. The van der Waals surface area contributed by atoms with E-state index in [9.17, 15) is 8.78 Å². The SMILES string of the molecule is CNCC(F)(F)c1sccc1C. The molecule has 68 valence electrons. The van der Waals surface area contributed by atoms with E-state index in [1.807, 2.05) is 0 Å². The molecule has 0 aliphatic heterocycles. The lowest BCUT2D eigenvalue weighted by atomic mass is 10.2. The van der Waals surface area contributed by atoms with Gasteiger partial charge in [-0.1, -0.05) is 0 Å². The van der Waals surface area contributed by atoms with E-state index in [4.69, 9.17) is 0 Å². The van der Waals surface area contributed by atoms with Crippen LogP contribution in [0.15, 0.2) is 11.4 Å². The van der Waals surface area contributed by atoms with Gasteiger partial charge in [0.15, 0.2) is 0 Å². The first kappa shape index (κ1) is 9.61. The van der Waals surface area contributed by atoms with Crippen molar-refractivity contribution in [2.24, 2.45) is 0 Å². The van der Waals surface area contributed by atoms with Crippen molar-refractivity contribution in [3.8, 4) is 0 Å². The minimum atomic E-state index is -2.73. The number of likely N-dealkylation sites (N-methyl/N-ethyl adjacent to an activating group) is 1. The van der Waals surface area contributed by atoms with Gasteiger partial charge in [-0.05, 0) is 31.0 Å². The Morgan fingerprint density at radius 1 is 1.58 bits per heavy atom. The number of halogens is 2. The van der Waals surface area contributed by atoms with Crippen LogP contribution >= 0.6 is 11.3 Å². The first-order chi connectivity index (χ1) is 5.58. The van der Waals surface area contributed by atoms with Crippen LogP contribution in [0.4, 0.5) is 8.78 Å². The van der Waals surface area contributed by atoms with Crippen molar-refractivity contribution < 1.29 is 8.78 Å². The van der Waals surface area contributed by atoms with E-state index in [1.165, 1.54) is 7.05 Å². The summed E-state index contributed by atoms with van der Waals surface area (Å²) in [4.78, 5) is 0.164. The summed E-state index contributed by atoms with van der Waals surface area (Å²) in [5.41, 5.74) is 0.667. The molecule has 0 amide bonds. The van der Waals surface area contributed by atoms with Gasteiger partial charge in [0.1, 0.15) is 0 Å². The van der Waals surface area contributed by atoms with Gasteiger partial charge in [0.25, 0.3) is 5.92 Å². The van der Waals surface area contributed by atoms with E-state index in [1.54, 1.807) is 18.4 Å². The smallest absolute Gasteiger partial charge is 0.294 e. The summed E-state index contributed by atoms with van der Waals surface area (Å²) in [5.74, 6) is -2.73. The van der Waals surface area contributed by atoms with Gasteiger partial charge < -0.3 is 5.32 Å². The molecule has 0 radical (unpaired) electrons. The molecule has 0 spiro atoms. The third-order valence-electron chi connectivity index (χ3n) is 1.59. The lowest BCUT2D eigenvalue weighted by molar-refractivity contribution is 0.00207. The van der Waals surface area contributed by atoms with Crippen molar-refractivity contribution in [2.75, 3.05) is 13.6 Å². The molecule has 0 atom stereocenters. The van der Waals surface area contributed by atoms with Crippen LogP contribution in [0.1, 0.15) is 10.4 Å². The number of aryl methyl sites for hydroxylation is 1. The summed E-state index contributed by atoms with van der Waals surface area (Å²) in [6.07, 6.45) is 0. The van der Waals surface area contributed by atoms with Crippen LogP contribution in [0.2, 0.25) is 0 Å². The minimum absolute atomic E-state index is 0.164. The van der Waals surface area contributed by atoms with E-state index in [-0.39, 0.29) is 11.4 Å². The predicted octanol–water partition coefficient (Wildman–Crippen LogP) is 2.37. The van der Waals surface area contributed by atoms with Crippen LogP contribution in [0.5, 0.6) is 0 Å². The molecule has 1 rings (SSSR count). The Morgan fingerprint density at radius 3 is 2.67 bits per heavy atom. The number of hydrogen-bond donors (Lipinski definition) is 1. The van der Waals surface area contributed by atoms with Crippen LogP contribution in [-0.2, 0) is 5.92 Å². The second kappa shape index (κ2) is 3.49. The topological polar surface area (TPSA) is 12.0 Å². The van der Waals surface area contributed by atoms with Crippen LogP contribution in [0, 0.1) is 6.92 Å². The van der Waals surface area contributed by atoms with E-state index >= 15 is 0 Å². The quantitative estimate of drug-likeness (QED) is 0.773. The molecule has 0 aromatic carbocycles. The summed E-state index contributed by atoms with van der Waals surface area (Å²) >= 11 is 1.11. The molecule has 0 aliphatic carbocycles. The van der Waals surface area contributed by atoms with Crippen molar-refractivity contribution in [3.63, 3.8) is 0 Å². The highest BCUT2D eigenvalue weighted by atomic mass is 32.1. The highest BCUT2D eigenvalue weighted by molar-refractivity contribution is 7.10. The summed E-state index contributed by atoms with van der Waals surface area (Å²) in [5, 5.41) is 4.17. The number of thiophene rings is 1. The average Bonchev–Trinajstić information content (AvgIpc) is 2.35. The van der Waals surface area contributed by atoms with Crippen molar-refractivity contribution in [2.45, 2.75) is 12.8 Å². The molecule has 4 heteroatoms. The second-order valence-corrected chi connectivity index (χ2v) is 3.58. The third-order valence-corrected chi connectivity index (χ3v) is 2.72. The predicted molar refractivity (Wildman–Crippen MR) is 46.9 cm³/mol. The number of alkyl halides is 2. The maximum atomic E-state index is 13.2. The van der Waals surface area contributed by atoms with Gasteiger partial charge in [-0.3, -0.25) is 0 Å². The molecule has 0 unspecified atom stereocenters. The third kappa shape index (κ3) is 1.81. The molecular formula is C8H11F2NS. The molecule has 12 heavy (non-hydrogen) atoms. The highest BCUT2D eigenvalue weighted by Crippen LogP contribution is 2.33. The van der Waals surface area contributed by atoms with E-state index < -0.39 is 5.92 Å². The normalized spacial score (nSPS) is 12.0. The van der Waals surface area contributed by atoms with Gasteiger partial charge in [-0.25, -0.2) is 0 Å². The van der Waals surface area contributed by atoms with Gasteiger partial charge in [0, 0.05) is 0 Å². The number of nitrogens with one attached hydrogen (secondary N) is 1. The molecule has 1 heterocycles. The van der Waals surface area contributed by atoms with E-state index in [0.29, 0.717) is 5.56 Å². The average molecular weight is 191 g/mol. The van der Waals surface area contributed by atoms with E-state index in [0.717, 1.165) is 11.3 Å². The highest BCUT2D eigenvalue weighted by Gasteiger charge is 2.33. The Balaban J connectivity index is 2.88. The molecule has 1 aromatic heterocycles. The second-order valence-electron chi connectivity index (χ2n) is 2.67. The molecule has 0 bridgehead atoms. The Kier molecular flexibility index (Phi) is 2.80. The van der Waals surface area contributed by atoms with Crippen LogP contribution in [-0.4, -0.2) is 13.6 Å². The van der Waals surface area contributed by atoms with Crippen molar-refractivity contribution in [1.82, 2.24) is 5.32 Å². The van der Waals surface area contributed by atoms with Gasteiger partial charge in [-0.2, -0.15) is 8.78 Å². The summed E-state index contributed by atoms with van der Waals surface area (Å²) in [6.45, 7) is 1.41. The lowest BCUT2D eigenvalue weighted by Gasteiger charge is -2.14. The summed E-state index contributed by atoms with van der Waals surface area (Å²) < 4.78 is 26.4. The molecule has 1 N–H and O–H groups in total. The minimum Gasteiger partial charge on any atom is -0.314 e. The fraction of sp³-hybridized carbons (Fsp3) is 0.500. The fourth-order valence-electron chi connectivity index (χ4n) is 1.05. The molecule has 0 aliphatic rings. The Bertz CT molecular complexity index is 257. The molecule has 1 nitrogen and oxygen atoms in total. The zero-order valence-electron chi connectivity index (χ0n) is 7.03. The maximum Gasteiger partial charge on any atom is 0.294 e. The van der Waals surface area contributed by atoms with Crippen molar-refractivity contribution >= 4 is 11.3 Å². The van der Waals surface area contributed by atoms with Crippen LogP contribution in [0.25, 0.3) is 0 Å². The van der Waals surface area contributed by atoms with Crippen molar-refractivity contribution in [1.29, 1.82) is 0 Å². The summed E-state index contributed by atoms with van der Waals surface area (Å²) in [7, 11) is 1.52. The molecule has 0 saturated carbocycles. The maximum absolute atomic E-state index is 13.2. The van der Waals surface area contributed by atoms with Gasteiger partial charge in [0.2, 0.25) is 0 Å². The van der Waals surface area contributed by atoms with Crippen LogP contribution < -0.4 is 5.32 Å². The zero-order chi connectivity index (χ0) is 9.19. The zero-order valence-corrected chi connectivity index (χ0v) is 7.84. The van der Waals surface area contributed by atoms with Gasteiger partial charge in [0.05, 0.1) is 11.4 Å². The molecule has 0 fully saturated rings. The first-order valence-corrected chi connectivity index (χ1v) is 4.53. The van der Waals surface area contributed by atoms with Crippen LogP contribution in [0.3, 0.4) is 0 Å². The molecular weight excluding hydrogens is 180 g/mol. The monoisotopic (exact) mass is 191 g/mol. The lowest BCUT2D eigenvalue weighted by Crippen LogP contribution is -2.27.